The number of benzene rings is 1. The first-order chi connectivity index (χ1) is 9.35. The maximum atomic E-state index is 12.3. The molecule has 1 saturated heterocycles. The van der Waals surface area contributed by atoms with Crippen LogP contribution in [-0.4, -0.2) is 51.3 Å². The zero-order valence-electron chi connectivity index (χ0n) is 11.5. The summed E-state index contributed by atoms with van der Waals surface area (Å²) in [4.78, 5) is 14.0. The van der Waals surface area contributed by atoms with E-state index >= 15 is 0 Å². The van der Waals surface area contributed by atoms with Crippen LogP contribution in [0.25, 0.3) is 0 Å². The number of carbonyl (C=O) groups excluding carboxylic acids is 1. The first kappa shape index (κ1) is 14.8. The van der Waals surface area contributed by atoms with Gasteiger partial charge >= 0.3 is 0 Å². The monoisotopic (exact) mass is 298 g/mol. The van der Waals surface area contributed by atoms with Crippen LogP contribution in [0.15, 0.2) is 24.3 Å². The van der Waals surface area contributed by atoms with Crippen molar-refractivity contribution < 1.29 is 17.9 Å². The van der Waals surface area contributed by atoms with Crippen LogP contribution in [0.2, 0.25) is 0 Å². The maximum Gasteiger partial charge on any atom is 0.254 e. The molecule has 2 rings (SSSR count). The van der Waals surface area contributed by atoms with Crippen LogP contribution < -0.4 is 4.72 Å². The molecule has 0 bridgehead atoms. The molecule has 0 radical (unpaired) electrons. The number of amides is 1. The highest BCUT2D eigenvalue weighted by molar-refractivity contribution is 7.92. The minimum atomic E-state index is -3.30. The predicted octanol–water partition coefficient (Wildman–Crippen LogP) is 0.919. The Balaban J connectivity index is 2.07. The molecular formula is C13H18N2O4S. The van der Waals surface area contributed by atoms with Gasteiger partial charge in [0.25, 0.3) is 5.91 Å². The van der Waals surface area contributed by atoms with Crippen LogP contribution in [0.3, 0.4) is 0 Å². The molecule has 0 aliphatic carbocycles. The van der Waals surface area contributed by atoms with E-state index in [0.717, 1.165) is 6.26 Å². The zero-order valence-corrected chi connectivity index (χ0v) is 12.3. The Morgan fingerprint density at radius 3 is 2.55 bits per heavy atom. The van der Waals surface area contributed by atoms with Gasteiger partial charge in [-0.3, -0.25) is 9.52 Å². The van der Waals surface area contributed by atoms with Crippen molar-refractivity contribution in [3.63, 3.8) is 0 Å². The summed E-state index contributed by atoms with van der Waals surface area (Å²) in [7, 11) is -3.30. The van der Waals surface area contributed by atoms with Crippen molar-refractivity contribution in [2.75, 3.05) is 30.7 Å². The van der Waals surface area contributed by atoms with Gasteiger partial charge in [-0.1, -0.05) is 0 Å². The third kappa shape index (κ3) is 3.94. The molecule has 1 aromatic carbocycles. The van der Waals surface area contributed by atoms with Crippen molar-refractivity contribution in [2.24, 2.45) is 0 Å². The van der Waals surface area contributed by atoms with E-state index in [0.29, 0.717) is 30.9 Å². The van der Waals surface area contributed by atoms with E-state index in [9.17, 15) is 13.2 Å². The Kier molecular flexibility index (Phi) is 4.29. The smallest absolute Gasteiger partial charge is 0.254 e. The molecule has 6 nitrogen and oxygen atoms in total. The summed E-state index contributed by atoms with van der Waals surface area (Å²) in [5.41, 5.74) is 0.984. The van der Waals surface area contributed by atoms with E-state index in [4.69, 9.17) is 4.74 Å². The van der Waals surface area contributed by atoms with Crippen molar-refractivity contribution in [1.29, 1.82) is 0 Å². The molecule has 1 N–H and O–H groups in total. The number of hydrogen-bond donors (Lipinski definition) is 1. The minimum absolute atomic E-state index is 0.0406. The molecule has 1 aliphatic rings. The third-order valence-corrected chi connectivity index (χ3v) is 3.57. The molecule has 1 heterocycles. The molecule has 0 unspecified atom stereocenters. The lowest BCUT2D eigenvalue weighted by Crippen LogP contribution is -2.44. The second-order valence-electron chi connectivity index (χ2n) is 4.88. The Bertz CT molecular complexity index is 583. The predicted molar refractivity (Wildman–Crippen MR) is 76.2 cm³/mol. The topological polar surface area (TPSA) is 75.7 Å². The Labute approximate surface area is 118 Å². The number of morpholine rings is 1. The molecule has 0 saturated carbocycles. The lowest BCUT2D eigenvalue weighted by Gasteiger charge is -2.31. The number of nitrogens with zero attached hydrogens (tertiary/aromatic N) is 1. The minimum Gasteiger partial charge on any atom is -0.375 e. The van der Waals surface area contributed by atoms with Crippen molar-refractivity contribution in [3.05, 3.63) is 29.8 Å². The van der Waals surface area contributed by atoms with Crippen LogP contribution in [0.1, 0.15) is 17.3 Å². The first-order valence-electron chi connectivity index (χ1n) is 6.34. The van der Waals surface area contributed by atoms with Gasteiger partial charge in [-0.2, -0.15) is 0 Å². The van der Waals surface area contributed by atoms with E-state index in [1.54, 1.807) is 29.2 Å². The second-order valence-corrected chi connectivity index (χ2v) is 6.63. The highest BCUT2D eigenvalue weighted by Gasteiger charge is 2.22. The molecule has 20 heavy (non-hydrogen) atoms. The number of rotatable bonds is 3. The quantitative estimate of drug-likeness (QED) is 0.900. The van der Waals surface area contributed by atoms with Crippen LogP contribution >= 0.6 is 0 Å². The van der Waals surface area contributed by atoms with Gasteiger partial charge in [-0.15, -0.1) is 0 Å². The Hall–Kier alpha value is -1.60. The standard InChI is InChI=1S/C13H18N2O4S/c1-10-9-15(7-8-19-10)13(16)11-3-5-12(6-4-11)14-20(2,17)18/h3-6,10,14H,7-9H2,1-2H3/t10-/m0/s1. The molecule has 7 heteroatoms. The summed E-state index contributed by atoms with van der Waals surface area (Å²) in [6.07, 6.45) is 1.13. The van der Waals surface area contributed by atoms with Gasteiger partial charge in [0.1, 0.15) is 0 Å². The van der Waals surface area contributed by atoms with Crippen LogP contribution in [0, 0.1) is 0 Å². The first-order valence-corrected chi connectivity index (χ1v) is 8.23. The molecule has 1 fully saturated rings. The van der Waals surface area contributed by atoms with Crippen molar-refractivity contribution in [2.45, 2.75) is 13.0 Å². The Morgan fingerprint density at radius 2 is 2.00 bits per heavy atom. The van der Waals surface area contributed by atoms with E-state index in [1.165, 1.54) is 0 Å². The summed E-state index contributed by atoms with van der Waals surface area (Å²) in [6.45, 7) is 3.62. The lowest BCUT2D eigenvalue weighted by molar-refractivity contribution is -0.0124. The second kappa shape index (κ2) is 5.80. The summed E-state index contributed by atoms with van der Waals surface area (Å²) in [5.74, 6) is -0.0638. The van der Waals surface area contributed by atoms with Crippen molar-refractivity contribution in [3.8, 4) is 0 Å². The van der Waals surface area contributed by atoms with Crippen LogP contribution in [0.5, 0.6) is 0 Å². The largest absolute Gasteiger partial charge is 0.375 e. The van der Waals surface area contributed by atoms with Gasteiger partial charge in [-0.05, 0) is 31.2 Å². The summed E-state index contributed by atoms with van der Waals surface area (Å²) >= 11 is 0. The van der Waals surface area contributed by atoms with Gasteiger partial charge in [-0.25, -0.2) is 8.42 Å². The number of sulfonamides is 1. The average Bonchev–Trinajstić information content (AvgIpc) is 2.37. The van der Waals surface area contributed by atoms with E-state index < -0.39 is 10.0 Å². The highest BCUT2D eigenvalue weighted by atomic mass is 32.2. The fourth-order valence-electron chi connectivity index (χ4n) is 2.08. The SMILES string of the molecule is C[C@H]1CN(C(=O)c2ccc(NS(C)(=O)=O)cc2)CCO1. The molecule has 110 valence electrons. The number of hydrogen-bond acceptors (Lipinski definition) is 4. The Morgan fingerprint density at radius 1 is 1.35 bits per heavy atom. The molecule has 1 aromatic rings. The normalized spacial score (nSPS) is 19.7. The molecule has 1 amide bonds. The third-order valence-electron chi connectivity index (χ3n) is 2.96. The molecular weight excluding hydrogens is 280 g/mol. The van der Waals surface area contributed by atoms with Crippen LogP contribution in [-0.2, 0) is 14.8 Å². The van der Waals surface area contributed by atoms with Crippen molar-refractivity contribution >= 4 is 21.6 Å². The van der Waals surface area contributed by atoms with Gasteiger partial charge < -0.3 is 9.64 Å². The summed E-state index contributed by atoms with van der Waals surface area (Å²) in [5, 5.41) is 0. The van der Waals surface area contributed by atoms with E-state index in [1.807, 2.05) is 6.92 Å². The summed E-state index contributed by atoms with van der Waals surface area (Å²) < 4.78 is 30.0. The molecule has 1 aliphatic heterocycles. The van der Waals surface area contributed by atoms with Gasteiger partial charge in [0.15, 0.2) is 0 Å². The molecule has 1 atom stereocenters. The number of anilines is 1. The van der Waals surface area contributed by atoms with Crippen LogP contribution in [0.4, 0.5) is 5.69 Å². The number of ether oxygens (including phenoxy) is 1. The highest BCUT2D eigenvalue weighted by Crippen LogP contribution is 2.14. The van der Waals surface area contributed by atoms with Gasteiger partial charge in [0.2, 0.25) is 10.0 Å². The number of carbonyl (C=O) groups is 1. The fourth-order valence-corrected chi connectivity index (χ4v) is 2.64. The number of nitrogens with one attached hydrogen (secondary N) is 1. The lowest BCUT2D eigenvalue weighted by atomic mass is 10.1. The van der Waals surface area contributed by atoms with Gasteiger partial charge in [0, 0.05) is 24.3 Å². The van der Waals surface area contributed by atoms with E-state index in [-0.39, 0.29) is 12.0 Å². The molecule has 0 aromatic heterocycles. The maximum absolute atomic E-state index is 12.3. The summed E-state index contributed by atoms with van der Waals surface area (Å²) in [6, 6.07) is 6.41. The van der Waals surface area contributed by atoms with Gasteiger partial charge in [0.05, 0.1) is 19.0 Å². The van der Waals surface area contributed by atoms with Crippen molar-refractivity contribution in [1.82, 2.24) is 4.90 Å². The fraction of sp³-hybridized carbons (Fsp3) is 0.462. The molecule has 0 spiro atoms. The zero-order chi connectivity index (χ0) is 14.8. The average molecular weight is 298 g/mol. The van der Waals surface area contributed by atoms with E-state index in [2.05, 4.69) is 4.72 Å².